The number of carbonyl (C=O) groups is 1. The summed E-state index contributed by atoms with van der Waals surface area (Å²) in [6.07, 6.45) is 4.17. The molecule has 0 radical (unpaired) electrons. The van der Waals surface area contributed by atoms with Crippen molar-refractivity contribution in [3.05, 3.63) is 35.6 Å². The molecule has 1 atom stereocenters. The van der Waals surface area contributed by atoms with Crippen molar-refractivity contribution in [1.82, 2.24) is 0 Å². The quantitative estimate of drug-likeness (QED) is 0.631. The second-order valence-corrected chi connectivity index (χ2v) is 11.5. The van der Waals surface area contributed by atoms with Gasteiger partial charge in [0.2, 0.25) is 0 Å². The number of furan rings is 1. The molecule has 2 aromatic rings. The molecular formula is C20H30O4S. The molecule has 0 fully saturated rings. The summed E-state index contributed by atoms with van der Waals surface area (Å²) in [5.41, 5.74) is 1.82. The van der Waals surface area contributed by atoms with E-state index in [2.05, 4.69) is 33.3 Å². The van der Waals surface area contributed by atoms with Crippen LogP contribution in [0, 0.1) is 6.92 Å². The smallest absolute Gasteiger partial charge is 0.308 e. The lowest BCUT2D eigenvalue weighted by atomic mass is 10.0. The minimum Gasteiger partial charge on any atom is -0.466 e. The van der Waals surface area contributed by atoms with Gasteiger partial charge in [-0.05, 0) is 50.1 Å². The molecule has 2 rings (SSSR count). The van der Waals surface area contributed by atoms with Gasteiger partial charge < -0.3 is 13.3 Å². The maximum Gasteiger partial charge on any atom is 0.308 e. The van der Waals surface area contributed by atoms with E-state index in [9.17, 15) is 4.79 Å². The van der Waals surface area contributed by atoms with Crippen molar-refractivity contribution in [3.8, 4) is 0 Å². The predicted octanol–water partition coefficient (Wildman–Crippen LogP) is 5.53. The first kappa shape index (κ1) is 19.9. The van der Waals surface area contributed by atoms with Crippen LogP contribution in [0.2, 0.25) is 0 Å². The number of hydrogen-bond donors (Lipinski definition) is 0. The Bertz CT molecular complexity index is 740. The van der Waals surface area contributed by atoms with Crippen LogP contribution in [0.15, 0.2) is 28.7 Å². The van der Waals surface area contributed by atoms with Gasteiger partial charge in [-0.3, -0.25) is 4.79 Å². The number of ether oxygens (including phenoxy) is 1. The van der Waals surface area contributed by atoms with E-state index in [0.717, 1.165) is 22.3 Å². The fraction of sp³-hybridized carbons (Fsp3) is 0.550. The third-order valence-corrected chi connectivity index (χ3v) is 8.19. The van der Waals surface area contributed by atoms with E-state index in [1.165, 1.54) is 0 Å². The van der Waals surface area contributed by atoms with E-state index in [-0.39, 0.29) is 23.2 Å². The summed E-state index contributed by atoms with van der Waals surface area (Å²) in [5, 5.41) is 1.02. The molecule has 0 spiro atoms. The highest BCUT2D eigenvalue weighted by Crippen LogP contribution is 2.57. The first-order valence-electron chi connectivity index (χ1n) is 8.60. The second kappa shape index (κ2) is 7.42. The van der Waals surface area contributed by atoms with E-state index in [0.29, 0.717) is 6.61 Å². The number of carbonyl (C=O) groups excluding carboxylic acids is 1. The topological polar surface area (TPSA) is 48.7 Å². The van der Waals surface area contributed by atoms with Gasteiger partial charge in [0.15, 0.2) is 0 Å². The summed E-state index contributed by atoms with van der Waals surface area (Å²) in [7, 11) is -1.38. The highest BCUT2D eigenvalue weighted by Gasteiger charge is 2.33. The van der Waals surface area contributed by atoms with Gasteiger partial charge >= 0.3 is 5.97 Å². The molecule has 0 aliphatic rings. The lowest BCUT2D eigenvalue weighted by Gasteiger charge is -2.46. The number of aryl methyl sites for hydroxylation is 1. The van der Waals surface area contributed by atoms with E-state index in [4.69, 9.17) is 13.3 Å². The van der Waals surface area contributed by atoms with Crippen LogP contribution < -0.4 is 0 Å². The summed E-state index contributed by atoms with van der Waals surface area (Å²) < 4.78 is 17.3. The molecule has 0 amide bonds. The standard InChI is InChI=1S/C20H30O4S/c1-8-22-19(21)13-18(24-25(6,7)20(3,4)5)15-9-10-17-16(12-15)11-14(2)23-17/h9-12,18H,8,13H2,1-7H3/t18-/m0/s1. The van der Waals surface area contributed by atoms with Crippen LogP contribution in [0.3, 0.4) is 0 Å². The molecule has 1 aromatic carbocycles. The Labute approximate surface area is 152 Å². The van der Waals surface area contributed by atoms with Crippen molar-refractivity contribution >= 4 is 27.2 Å². The number of esters is 1. The Kier molecular flexibility index (Phi) is 5.89. The van der Waals surface area contributed by atoms with E-state index < -0.39 is 10.3 Å². The molecule has 0 aliphatic heterocycles. The molecule has 0 aliphatic carbocycles. The predicted molar refractivity (Wildman–Crippen MR) is 105 cm³/mol. The summed E-state index contributed by atoms with van der Waals surface area (Å²) >= 11 is 0. The molecule has 0 N–H and O–H groups in total. The van der Waals surface area contributed by atoms with Gasteiger partial charge in [0, 0.05) is 10.1 Å². The third-order valence-electron chi connectivity index (χ3n) is 4.52. The maximum atomic E-state index is 12.1. The highest BCUT2D eigenvalue weighted by atomic mass is 32.3. The summed E-state index contributed by atoms with van der Waals surface area (Å²) in [6.45, 7) is 10.6. The molecule has 25 heavy (non-hydrogen) atoms. The molecule has 4 nitrogen and oxygen atoms in total. The van der Waals surface area contributed by atoms with E-state index >= 15 is 0 Å². The van der Waals surface area contributed by atoms with E-state index in [1.807, 2.05) is 38.1 Å². The zero-order chi connectivity index (χ0) is 18.8. The van der Waals surface area contributed by atoms with Gasteiger partial charge in [0.1, 0.15) is 17.4 Å². The van der Waals surface area contributed by atoms with Crippen molar-refractivity contribution in [2.24, 2.45) is 0 Å². The molecule has 0 unspecified atom stereocenters. The minimum atomic E-state index is -1.38. The minimum absolute atomic E-state index is 0.0102. The lowest BCUT2D eigenvalue weighted by molar-refractivity contribution is -0.144. The number of hydrogen-bond acceptors (Lipinski definition) is 4. The van der Waals surface area contributed by atoms with Gasteiger partial charge in [-0.1, -0.05) is 26.8 Å². The van der Waals surface area contributed by atoms with Crippen molar-refractivity contribution in [2.75, 3.05) is 19.1 Å². The van der Waals surface area contributed by atoms with Crippen LogP contribution in [-0.2, 0) is 13.7 Å². The van der Waals surface area contributed by atoms with Gasteiger partial charge in [0.05, 0.1) is 13.0 Å². The summed E-state index contributed by atoms with van der Waals surface area (Å²) in [4.78, 5) is 12.1. The highest BCUT2D eigenvalue weighted by molar-refractivity contribution is 8.29. The Morgan fingerprint density at radius 1 is 1.24 bits per heavy atom. The van der Waals surface area contributed by atoms with Crippen LogP contribution in [0.4, 0.5) is 0 Å². The Balaban J connectivity index is 2.36. The average molecular weight is 367 g/mol. The van der Waals surface area contributed by atoms with Gasteiger partial charge in [-0.2, -0.15) is 0 Å². The normalized spacial score (nSPS) is 14.5. The van der Waals surface area contributed by atoms with E-state index in [1.54, 1.807) is 0 Å². The number of benzene rings is 1. The van der Waals surface area contributed by atoms with Gasteiger partial charge in [-0.25, -0.2) is 0 Å². The second-order valence-electron chi connectivity index (χ2n) is 7.59. The van der Waals surface area contributed by atoms with Crippen LogP contribution in [0.5, 0.6) is 0 Å². The first-order valence-corrected chi connectivity index (χ1v) is 11.0. The van der Waals surface area contributed by atoms with Gasteiger partial charge in [-0.15, -0.1) is 10.3 Å². The van der Waals surface area contributed by atoms with Crippen LogP contribution in [-0.4, -0.2) is 29.8 Å². The summed E-state index contributed by atoms with van der Waals surface area (Å²) in [6, 6.07) is 7.97. The Hall–Kier alpha value is -1.46. The lowest BCUT2D eigenvalue weighted by Crippen LogP contribution is -2.27. The van der Waals surface area contributed by atoms with Crippen molar-refractivity contribution in [1.29, 1.82) is 0 Å². The fourth-order valence-corrected chi connectivity index (χ4v) is 3.46. The molecule has 140 valence electrons. The third kappa shape index (κ3) is 4.79. The molecule has 5 heteroatoms. The molecule has 1 heterocycles. The Morgan fingerprint density at radius 3 is 2.52 bits per heavy atom. The Morgan fingerprint density at radius 2 is 1.92 bits per heavy atom. The maximum absolute atomic E-state index is 12.1. The zero-order valence-corrected chi connectivity index (χ0v) is 17.2. The van der Waals surface area contributed by atoms with Gasteiger partial charge in [0.25, 0.3) is 0 Å². The monoisotopic (exact) mass is 366 g/mol. The SMILES string of the molecule is CCOC(=O)C[C@H](OS(C)(C)C(C)(C)C)c1ccc2oc(C)cc2c1. The number of fused-ring (bicyclic) bond motifs is 1. The molecule has 0 saturated heterocycles. The van der Waals surface area contributed by atoms with Crippen molar-refractivity contribution in [3.63, 3.8) is 0 Å². The van der Waals surface area contributed by atoms with Crippen molar-refractivity contribution < 1.29 is 18.1 Å². The summed E-state index contributed by atoms with van der Waals surface area (Å²) in [5.74, 6) is 0.635. The first-order chi connectivity index (χ1) is 11.5. The van der Waals surface area contributed by atoms with Crippen LogP contribution >= 0.6 is 10.3 Å². The molecule has 0 saturated carbocycles. The molecule has 0 bridgehead atoms. The van der Waals surface area contributed by atoms with Crippen LogP contribution in [0.1, 0.15) is 51.5 Å². The largest absolute Gasteiger partial charge is 0.466 e. The van der Waals surface area contributed by atoms with Crippen LogP contribution in [0.25, 0.3) is 11.0 Å². The fourth-order valence-electron chi connectivity index (χ4n) is 2.41. The number of rotatable bonds is 6. The van der Waals surface area contributed by atoms with Crippen molar-refractivity contribution in [2.45, 2.75) is 51.9 Å². The zero-order valence-electron chi connectivity index (χ0n) is 16.3. The average Bonchev–Trinajstić information content (AvgIpc) is 2.84. The molecular weight excluding hydrogens is 336 g/mol. The molecule has 1 aromatic heterocycles.